The van der Waals surface area contributed by atoms with Gasteiger partial charge in [0.1, 0.15) is 0 Å². The molecule has 34 heavy (non-hydrogen) atoms. The van der Waals surface area contributed by atoms with Gasteiger partial charge in [-0.05, 0) is 79.4 Å². The number of hydrogen-bond acceptors (Lipinski definition) is 4. The molecule has 6 rings (SSSR count). The van der Waals surface area contributed by atoms with Crippen LogP contribution in [0.1, 0.15) is 12.8 Å². The average molecular weight is 498 g/mol. The molecule has 3 fully saturated rings. The van der Waals surface area contributed by atoms with Crippen LogP contribution in [0.15, 0.2) is 83.8 Å². The molecule has 3 heterocycles. The van der Waals surface area contributed by atoms with Crippen LogP contribution < -0.4 is 10.0 Å². The number of sulfonamides is 1. The summed E-state index contributed by atoms with van der Waals surface area (Å²) in [6, 6.07) is 23.3. The van der Waals surface area contributed by atoms with E-state index in [1.54, 1.807) is 42.5 Å². The Bertz CT molecular complexity index is 1220. The molecular weight excluding hydrogens is 470 g/mol. The van der Waals surface area contributed by atoms with Gasteiger partial charge < -0.3 is 10.2 Å². The van der Waals surface area contributed by atoms with E-state index >= 15 is 0 Å². The van der Waals surface area contributed by atoms with Crippen molar-refractivity contribution in [3.05, 3.63) is 78.9 Å². The van der Waals surface area contributed by atoms with Gasteiger partial charge in [-0.25, -0.2) is 8.42 Å². The number of halogens is 1. The molecule has 3 aromatic rings. The van der Waals surface area contributed by atoms with E-state index in [9.17, 15) is 13.2 Å². The van der Waals surface area contributed by atoms with Crippen molar-refractivity contribution in [2.45, 2.75) is 17.7 Å². The highest BCUT2D eigenvalue weighted by Crippen LogP contribution is 2.33. The Morgan fingerprint density at radius 3 is 1.88 bits per heavy atom. The topological polar surface area (TPSA) is 78.5 Å². The molecule has 178 valence electrons. The fourth-order valence-electron chi connectivity index (χ4n) is 4.79. The maximum absolute atomic E-state index is 12.8. The first-order valence-corrected chi connectivity index (χ1v) is 12.8. The molecule has 0 radical (unpaired) electrons. The molecule has 2 bridgehead atoms. The normalized spacial score (nSPS) is 21.4. The van der Waals surface area contributed by atoms with Gasteiger partial charge in [0.25, 0.3) is 10.0 Å². The van der Waals surface area contributed by atoms with Crippen molar-refractivity contribution in [2.24, 2.45) is 11.8 Å². The molecule has 1 unspecified atom stereocenters. The number of fused-ring (bicyclic) bond motifs is 3. The van der Waals surface area contributed by atoms with Crippen LogP contribution in [0.4, 0.5) is 11.4 Å². The highest BCUT2D eigenvalue weighted by atomic mass is 35.5. The van der Waals surface area contributed by atoms with Crippen molar-refractivity contribution < 1.29 is 13.2 Å². The Morgan fingerprint density at radius 1 is 0.794 bits per heavy atom. The first-order valence-electron chi connectivity index (χ1n) is 11.3. The van der Waals surface area contributed by atoms with Crippen LogP contribution in [0.2, 0.25) is 0 Å². The molecule has 0 spiro atoms. The van der Waals surface area contributed by atoms with Gasteiger partial charge in [-0.3, -0.25) is 9.52 Å². The molecule has 0 aromatic heterocycles. The number of carbonyl (C=O) groups is 1. The zero-order valence-corrected chi connectivity index (χ0v) is 20.3. The Hall–Kier alpha value is -2.87. The smallest absolute Gasteiger partial charge is 0.261 e. The summed E-state index contributed by atoms with van der Waals surface area (Å²) in [5, 5.41) is 3.08. The predicted molar refractivity (Wildman–Crippen MR) is 138 cm³/mol. The molecular formula is C26H28ClN3O3S. The number of carbonyl (C=O) groups excluding carboxylic acids is 1. The first kappa shape index (κ1) is 24.3. The van der Waals surface area contributed by atoms with E-state index in [0.29, 0.717) is 11.6 Å². The van der Waals surface area contributed by atoms with Gasteiger partial charge >= 0.3 is 0 Å². The third kappa shape index (κ3) is 5.27. The van der Waals surface area contributed by atoms with Gasteiger partial charge in [0.15, 0.2) is 0 Å². The number of piperidine rings is 3. The molecule has 3 aromatic carbocycles. The van der Waals surface area contributed by atoms with Gasteiger partial charge in [0, 0.05) is 17.9 Å². The Labute approximate surface area is 206 Å². The molecule has 1 atom stereocenters. The number of amides is 1. The van der Waals surface area contributed by atoms with E-state index in [4.69, 9.17) is 0 Å². The molecule has 2 N–H and O–H groups in total. The number of anilines is 2. The van der Waals surface area contributed by atoms with Crippen molar-refractivity contribution in [2.75, 3.05) is 29.7 Å². The highest BCUT2D eigenvalue weighted by Gasteiger charge is 2.38. The quantitative estimate of drug-likeness (QED) is 0.510. The van der Waals surface area contributed by atoms with E-state index in [1.807, 2.05) is 36.4 Å². The standard InChI is InChI=1S/C26H27N3O3S.ClH/c30-26(25-18-29-16-14-21(25)15-17-29)27-22-10-6-19(7-11-22)20-8-12-23(13-9-20)28-33(31,32)24-4-2-1-3-5-24;/h1-13,21,25,28H,14-18H2,(H,27,30);1H. The van der Waals surface area contributed by atoms with Gasteiger partial charge in [-0.1, -0.05) is 42.5 Å². The van der Waals surface area contributed by atoms with Crippen LogP contribution in [-0.2, 0) is 14.8 Å². The third-order valence-corrected chi connectivity index (χ3v) is 8.07. The largest absolute Gasteiger partial charge is 0.326 e. The van der Waals surface area contributed by atoms with Crippen LogP contribution >= 0.6 is 12.4 Å². The van der Waals surface area contributed by atoms with Crippen molar-refractivity contribution in [3.63, 3.8) is 0 Å². The highest BCUT2D eigenvalue weighted by molar-refractivity contribution is 7.92. The third-order valence-electron chi connectivity index (χ3n) is 6.67. The summed E-state index contributed by atoms with van der Waals surface area (Å²) in [4.78, 5) is 15.4. The minimum absolute atomic E-state index is 0. The van der Waals surface area contributed by atoms with Gasteiger partial charge in [0.05, 0.1) is 10.8 Å². The SMILES string of the molecule is Cl.O=C(Nc1ccc(-c2ccc(NS(=O)(=O)c3ccccc3)cc2)cc1)C1CN2CCC1CC2. The molecule has 3 aliphatic rings. The maximum Gasteiger partial charge on any atom is 0.261 e. The Morgan fingerprint density at radius 2 is 1.35 bits per heavy atom. The van der Waals surface area contributed by atoms with Crippen molar-refractivity contribution in [1.82, 2.24) is 4.90 Å². The van der Waals surface area contributed by atoms with E-state index in [1.165, 1.54) is 0 Å². The number of rotatable bonds is 6. The lowest BCUT2D eigenvalue weighted by molar-refractivity contribution is -0.125. The van der Waals surface area contributed by atoms with E-state index in [2.05, 4.69) is 14.9 Å². The second kappa shape index (κ2) is 10.2. The molecule has 0 saturated carbocycles. The number of hydrogen-bond donors (Lipinski definition) is 2. The summed E-state index contributed by atoms with van der Waals surface area (Å²) >= 11 is 0. The fraction of sp³-hybridized carbons (Fsp3) is 0.269. The zero-order chi connectivity index (χ0) is 22.8. The van der Waals surface area contributed by atoms with Crippen molar-refractivity contribution in [1.29, 1.82) is 0 Å². The van der Waals surface area contributed by atoms with Gasteiger partial charge in [0.2, 0.25) is 5.91 Å². The van der Waals surface area contributed by atoms with Crippen LogP contribution in [0.5, 0.6) is 0 Å². The lowest BCUT2D eigenvalue weighted by Gasteiger charge is -2.43. The monoisotopic (exact) mass is 497 g/mol. The Kier molecular flexibility index (Phi) is 7.26. The number of nitrogens with zero attached hydrogens (tertiary/aromatic N) is 1. The van der Waals surface area contributed by atoms with Gasteiger partial charge in [-0.2, -0.15) is 0 Å². The fourth-order valence-corrected chi connectivity index (χ4v) is 5.87. The first-order chi connectivity index (χ1) is 16.0. The second-order valence-corrected chi connectivity index (χ2v) is 10.5. The molecule has 6 nitrogen and oxygen atoms in total. The molecule has 1 amide bonds. The summed E-state index contributed by atoms with van der Waals surface area (Å²) in [5.74, 6) is 0.707. The summed E-state index contributed by atoms with van der Waals surface area (Å²) in [6.45, 7) is 3.11. The lowest BCUT2D eigenvalue weighted by atomic mass is 9.78. The minimum atomic E-state index is -3.61. The number of nitrogens with one attached hydrogen (secondary N) is 2. The summed E-state index contributed by atoms with van der Waals surface area (Å²) in [7, 11) is -3.61. The molecule has 3 aliphatic heterocycles. The molecule has 8 heteroatoms. The molecule has 3 saturated heterocycles. The summed E-state index contributed by atoms with van der Waals surface area (Å²) < 4.78 is 27.6. The van der Waals surface area contributed by atoms with Crippen LogP contribution in [0, 0.1) is 11.8 Å². The zero-order valence-electron chi connectivity index (χ0n) is 18.7. The van der Waals surface area contributed by atoms with E-state index < -0.39 is 10.0 Å². The Balaban J connectivity index is 0.00000274. The summed E-state index contributed by atoms with van der Waals surface area (Å²) in [6.07, 6.45) is 2.24. The van der Waals surface area contributed by atoms with E-state index in [-0.39, 0.29) is 29.1 Å². The maximum atomic E-state index is 12.8. The lowest BCUT2D eigenvalue weighted by Crippen LogP contribution is -2.51. The van der Waals surface area contributed by atoms with Crippen LogP contribution in [0.25, 0.3) is 11.1 Å². The van der Waals surface area contributed by atoms with Crippen molar-refractivity contribution in [3.8, 4) is 11.1 Å². The van der Waals surface area contributed by atoms with E-state index in [0.717, 1.165) is 49.3 Å². The summed E-state index contributed by atoms with van der Waals surface area (Å²) in [5.41, 5.74) is 3.26. The number of benzene rings is 3. The van der Waals surface area contributed by atoms with Crippen molar-refractivity contribution >= 4 is 39.7 Å². The van der Waals surface area contributed by atoms with Gasteiger partial charge in [-0.15, -0.1) is 12.4 Å². The van der Waals surface area contributed by atoms with Crippen LogP contribution in [-0.4, -0.2) is 38.9 Å². The minimum Gasteiger partial charge on any atom is -0.326 e. The predicted octanol–water partition coefficient (Wildman–Crippen LogP) is 4.86. The van der Waals surface area contributed by atoms with Crippen LogP contribution in [0.3, 0.4) is 0 Å². The molecule has 0 aliphatic carbocycles. The second-order valence-electron chi connectivity index (χ2n) is 8.81. The average Bonchev–Trinajstić information content (AvgIpc) is 2.86.